The molecule has 2 heterocycles. The molecule has 2 atom stereocenters. The second-order valence-corrected chi connectivity index (χ2v) is 7.63. The van der Waals surface area contributed by atoms with Gasteiger partial charge in [-0.1, -0.05) is 35.0 Å². The van der Waals surface area contributed by atoms with E-state index in [0.717, 1.165) is 16.5 Å². The van der Waals surface area contributed by atoms with Gasteiger partial charge in [-0.15, -0.1) is 11.8 Å². The fraction of sp³-hybridized carbons (Fsp3) is 0.375. The number of aromatic amines is 1. The lowest BCUT2D eigenvalue weighted by atomic mass is 10.1. The number of aromatic nitrogens is 2. The molecule has 0 radical (unpaired) electrons. The first-order valence-electron chi connectivity index (χ1n) is 7.52. The summed E-state index contributed by atoms with van der Waals surface area (Å²) in [6, 6.07) is 7.99. The molecular weight excluding hydrogens is 378 g/mol. The van der Waals surface area contributed by atoms with Gasteiger partial charge >= 0.3 is 0 Å². The van der Waals surface area contributed by atoms with Crippen LogP contribution in [0.25, 0.3) is 0 Å². The Hall–Kier alpha value is -1.47. The van der Waals surface area contributed by atoms with Crippen LogP contribution in [-0.4, -0.2) is 21.4 Å². The molecule has 2 unspecified atom stereocenters. The van der Waals surface area contributed by atoms with Crippen LogP contribution >= 0.6 is 27.7 Å². The van der Waals surface area contributed by atoms with E-state index in [0.29, 0.717) is 17.1 Å². The third-order valence-electron chi connectivity index (χ3n) is 4.07. The Morgan fingerprint density at radius 1 is 1.35 bits per heavy atom. The number of hydrogen-bond donors (Lipinski definition) is 2. The molecule has 1 aliphatic rings. The lowest BCUT2D eigenvalue weighted by Gasteiger charge is -2.16. The number of amides is 1. The van der Waals surface area contributed by atoms with Gasteiger partial charge < -0.3 is 5.32 Å². The smallest absolute Gasteiger partial charge is 0.270 e. The lowest BCUT2D eigenvalue weighted by Crippen LogP contribution is -2.18. The van der Waals surface area contributed by atoms with Gasteiger partial charge in [0, 0.05) is 10.5 Å². The van der Waals surface area contributed by atoms with Crippen molar-refractivity contribution in [3.05, 3.63) is 50.2 Å². The molecule has 1 amide bonds. The van der Waals surface area contributed by atoms with Crippen molar-refractivity contribution in [2.75, 3.05) is 11.1 Å². The Labute approximate surface area is 147 Å². The Morgan fingerprint density at radius 3 is 2.70 bits per heavy atom. The van der Waals surface area contributed by atoms with Crippen molar-refractivity contribution in [1.29, 1.82) is 0 Å². The standard InChI is InChI=1S/C16H18BrN3O2S/c1-3-9(2)20-15-13(16(22)19-20)14(23-8-12(21)18-15)10-4-6-11(17)7-5-10/h4-7,9,14H,3,8H2,1-2H3,(H,18,21)(H,19,22). The molecule has 5 nitrogen and oxygen atoms in total. The van der Waals surface area contributed by atoms with Crippen molar-refractivity contribution in [2.24, 2.45) is 0 Å². The summed E-state index contributed by atoms with van der Waals surface area (Å²) < 4.78 is 2.77. The summed E-state index contributed by atoms with van der Waals surface area (Å²) in [6.07, 6.45) is 0.864. The molecule has 122 valence electrons. The Kier molecular flexibility index (Phi) is 4.68. The van der Waals surface area contributed by atoms with Crippen LogP contribution in [-0.2, 0) is 4.79 Å². The Morgan fingerprint density at radius 2 is 2.04 bits per heavy atom. The normalized spacial score (nSPS) is 18.9. The summed E-state index contributed by atoms with van der Waals surface area (Å²) in [6.45, 7) is 4.07. The number of halogens is 1. The van der Waals surface area contributed by atoms with E-state index in [1.807, 2.05) is 31.2 Å². The zero-order valence-corrected chi connectivity index (χ0v) is 15.3. The van der Waals surface area contributed by atoms with E-state index < -0.39 is 0 Å². The van der Waals surface area contributed by atoms with Gasteiger partial charge in [0.05, 0.1) is 16.6 Å². The summed E-state index contributed by atoms with van der Waals surface area (Å²) in [5.74, 6) is 0.856. The molecule has 1 aliphatic heterocycles. The number of rotatable bonds is 3. The molecule has 0 aliphatic carbocycles. The van der Waals surface area contributed by atoms with Crippen LogP contribution < -0.4 is 10.9 Å². The number of anilines is 1. The van der Waals surface area contributed by atoms with Gasteiger partial charge in [0.25, 0.3) is 5.56 Å². The molecule has 0 spiro atoms. The molecule has 0 saturated heterocycles. The molecule has 1 aromatic carbocycles. The summed E-state index contributed by atoms with van der Waals surface area (Å²) in [4.78, 5) is 24.6. The predicted molar refractivity (Wildman–Crippen MR) is 97.1 cm³/mol. The Balaban J connectivity index is 2.15. The molecule has 1 aromatic heterocycles. The van der Waals surface area contributed by atoms with E-state index in [1.165, 1.54) is 11.8 Å². The highest BCUT2D eigenvalue weighted by atomic mass is 79.9. The monoisotopic (exact) mass is 395 g/mol. The highest BCUT2D eigenvalue weighted by molar-refractivity contribution is 9.10. The first-order valence-corrected chi connectivity index (χ1v) is 9.36. The summed E-state index contributed by atoms with van der Waals surface area (Å²) in [7, 11) is 0. The van der Waals surface area contributed by atoms with Gasteiger partial charge in [-0.2, -0.15) is 0 Å². The second kappa shape index (κ2) is 6.57. The number of carbonyl (C=O) groups excluding carboxylic acids is 1. The largest absolute Gasteiger partial charge is 0.310 e. The molecule has 3 rings (SSSR count). The van der Waals surface area contributed by atoms with Crippen LogP contribution in [0.1, 0.15) is 42.7 Å². The van der Waals surface area contributed by atoms with E-state index in [9.17, 15) is 9.59 Å². The number of H-pyrrole nitrogens is 1. The zero-order valence-electron chi connectivity index (χ0n) is 12.9. The van der Waals surface area contributed by atoms with Crippen LogP contribution in [0.2, 0.25) is 0 Å². The average molecular weight is 396 g/mol. The average Bonchev–Trinajstić information content (AvgIpc) is 2.74. The highest BCUT2D eigenvalue weighted by Crippen LogP contribution is 2.40. The maximum Gasteiger partial charge on any atom is 0.270 e. The van der Waals surface area contributed by atoms with Gasteiger partial charge in [0.15, 0.2) is 0 Å². The van der Waals surface area contributed by atoms with Crippen LogP contribution in [0.4, 0.5) is 5.82 Å². The number of carbonyl (C=O) groups is 1. The van der Waals surface area contributed by atoms with Crippen LogP contribution in [0, 0.1) is 0 Å². The fourth-order valence-electron chi connectivity index (χ4n) is 2.66. The summed E-state index contributed by atoms with van der Waals surface area (Å²) >= 11 is 4.91. The van der Waals surface area contributed by atoms with Gasteiger partial charge in [0.2, 0.25) is 5.91 Å². The zero-order chi connectivity index (χ0) is 16.6. The van der Waals surface area contributed by atoms with Gasteiger partial charge in [0.1, 0.15) is 5.82 Å². The van der Waals surface area contributed by atoms with Crippen molar-refractivity contribution in [3.8, 4) is 0 Å². The number of fused-ring (bicyclic) bond motifs is 1. The number of nitrogens with one attached hydrogen (secondary N) is 2. The maximum atomic E-state index is 12.6. The quantitative estimate of drug-likeness (QED) is 0.832. The van der Waals surface area contributed by atoms with E-state index in [4.69, 9.17) is 0 Å². The first-order chi connectivity index (χ1) is 11.0. The minimum absolute atomic E-state index is 0.0769. The fourth-order valence-corrected chi connectivity index (χ4v) is 4.05. The second-order valence-electron chi connectivity index (χ2n) is 5.62. The highest BCUT2D eigenvalue weighted by Gasteiger charge is 2.31. The van der Waals surface area contributed by atoms with E-state index in [-0.39, 0.29) is 22.8 Å². The minimum atomic E-state index is -0.161. The first kappa shape index (κ1) is 16.4. The SMILES string of the molecule is CCC(C)n1[nH]c(=O)c2c1NC(=O)CSC2c1ccc(Br)cc1. The topological polar surface area (TPSA) is 66.9 Å². The van der Waals surface area contributed by atoms with Gasteiger partial charge in [-0.25, -0.2) is 0 Å². The van der Waals surface area contributed by atoms with E-state index in [1.54, 1.807) is 4.68 Å². The van der Waals surface area contributed by atoms with Crippen molar-refractivity contribution >= 4 is 39.4 Å². The van der Waals surface area contributed by atoms with Crippen molar-refractivity contribution in [2.45, 2.75) is 31.6 Å². The van der Waals surface area contributed by atoms with Crippen molar-refractivity contribution < 1.29 is 4.79 Å². The summed E-state index contributed by atoms with van der Waals surface area (Å²) in [5, 5.41) is 5.63. The van der Waals surface area contributed by atoms with Crippen molar-refractivity contribution in [3.63, 3.8) is 0 Å². The van der Waals surface area contributed by atoms with E-state index in [2.05, 4.69) is 33.3 Å². The number of benzene rings is 1. The molecule has 23 heavy (non-hydrogen) atoms. The molecule has 2 aromatic rings. The van der Waals surface area contributed by atoms with Gasteiger partial charge in [-0.05, 0) is 31.0 Å². The molecule has 7 heteroatoms. The molecule has 0 fully saturated rings. The molecule has 0 bridgehead atoms. The molecule has 2 N–H and O–H groups in total. The lowest BCUT2D eigenvalue weighted by molar-refractivity contribution is -0.113. The minimum Gasteiger partial charge on any atom is -0.310 e. The number of hydrogen-bond acceptors (Lipinski definition) is 3. The molecular formula is C16H18BrN3O2S. The number of thioether (sulfide) groups is 1. The summed E-state index contributed by atoms with van der Waals surface area (Å²) in [5.41, 5.74) is 1.51. The van der Waals surface area contributed by atoms with Crippen LogP contribution in [0.15, 0.2) is 33.5 Å². The molecule has 0 saturated carbocycles. The Bertz CT molecular complexity index is 782. The number of nitrogens with zero attached hydrogens (tertiary/aromatic N) is 1. The maximum absolute atomic E-state index is 12.6. The third kappa shape index (κ3) is 3.12. The van der Waals surface area contributed by atoms with Crippen molar-refractivity contribution in [1.82, 2.24) is 9.78 Å². The van der Waals surface area contributed by atoms with Crippen LogP contribution in [0.5, 0.6) is 0 Å². The third-order valence-corrected chi connectivity index (χ3v) is 5.87. The van der Waals surface area contributed by atoms with E-state index >= 15 is 0 Å². The predicted octanol–water partition coefficient (Wildman–Crippen LogP) is 3.68. The van der Waals surface area contributed by atoms with Crippen LogP contribution in [0.3, 0.4) is 0 Å². The van der Waals surface area contributed by atoms with Gasteiger partial charge in [-0.3, -0.25) is 19.4 Å².